The van der Waals surface area contributed by atoms with Crippen LogP contribution < -0.4 is 5.32 Å². The third kappa shape index (κ3) is 2.58. The molecule has 2 aromatic rings. The van der Waals surface area contributed by atoms with Crippen LogP contribution in [0.2, 0.25) is 0 Å². The summed E-state index contributed by atoms with van der Waals surface area (Å²) in [5, 5.41) is 5.39. The summed E-state index contributed by atoms with van der Waals surface area (Å²) < 4.78 is 8.02. The molecule has 0 amide bonds. The number of hydrogen-bond donors (Lipinski definition) is 1. The van der Waals surface area contributed by atoms with Crippen molar-refractivity contribution in [1.82, 2.24) is 14.7 Å². The van der Waals surface area contributed by atoms with Crippen molar-refractivity contribution in [3.8, 4) is 0 Å². The maximum atomic E-state index is 5.96. The molecule has 18 heavy (non-hydrogen) atoms. The van der Waals surface area contributed by atoms with E-state index in [4.69, 9.17) is 4.74 Å². The molecule has 1 N–H and O–H groups in total. The zero-order valence-electron chi connectivity index (χ0n) is 10.6. The van der Waals surface area contributed by atoms with Crippen molar-refractivity contribution in [2.24, 2.45) is 0 Å². The fourth-order valence-corrected chi connectivity index (χ4v) is 3.29. The van der Waals surface area contributed by atoms with Gasteiger partial charge in [-0.2, -0.15) is 0 Å². The predicted molar refractivity (Wildman–Crippen MR) is 73.0 cm³/mol. The highest BCUT2D eigenvalue weighted by atomic mass is 32.1. The molecule has 4 nitrogen and oxygen atoms in total. The van der Waals surface area contributed by atoms with Gasteiger partial charge in [-0.25, -0.2) is 4.98 Å². The van der Waals surface area contributed by atoms with Gasteiger partial charge in [0.05, 0.1) is 18.4 Å². The van der Waals surface area contributed by atoms with Crippen LogP contribution in [-0.2, 0) is 11.3 Å². The minimum Gasteiger partial charge on any atom is -0.372 e. The summed E-state index contributed by atoms with van der Waals surface area (Å²) in [6, 6.07) is 0.683. The molecule has 0 bridgehead atoms. The van der Waals surface area contributed by atoms with E-state index in [0.29, 0.717) is 18.8 Å². The lowest BCUT2D eigenvalue weighted by molar-refractivity contribution is 0.0105. The molecule has 0 saturated heterocycles. The molecule has 2 aromatic heterocycles. The smallest absolute Gasteiger partial charge is 0.193 e. The average molecular weight is 265 g/mol. The lowest BCUT2D eigenvalue weighted by atomic mass is 9.93. The number of aromatic nitrogens is 2. The second-order valence-corrected chi connectivity index (χ2v) is 5.77. The predicted octanol–water partition coefficient (Wildman–Crippen LogP) is 2.44. The van der Waals surface area contributed by atoms with Crippen LogP contribution in [0.15, 0.2) is 17.8 Å². The van der Waals surface area contributed by atoms with Crippen LogP contribution in [0, 0.1) is 0 Å². The molecule has 1 aliphatic rings. The first kappa shape index (κ1) is 12.1. The van der Waals surface area contributed by atoms with Crippen LogP contribution in [0.1, 0.15) is 31.4 Å². The quantitative estimate of drug-likeness (QED) is 0.923. The van der Waals surface area contributed by atoms with Crippen LogP contribution >= 0.6 is 11.3 Å². The van der Waals surface area contributed by atoms with Gasteiger partial charge in [0.15, 0.2) is 4.96 Å². The number of imidazole rings is 1. The molecule has 0 unspecified atom stereocenters. The van der Waals surface area contributed by atoms with Gasteiger partial charge in [0, 0.05) is 23.8 Å². The normalized spacial score (nSPS) is 24.7. The maximum Gasteiger partial charge on any atom is 0.193 e. The van der Waals surface area contributed by atoms with E-state index in [9.17, 15) is 0 Å². The molecule has 3 rings (SSSR count). The molecular formula is C13H19N3OS. The summed E-state index contributed by atoms with van der Waals surface area (Å²) in [6.45, 7) is 0.642. The Hall–Kier alpha value is -0.910. The van der Waals surface area contributed by atoms with Crippen LogP contribution in [-0.4, -0.2) is 28.6 Å². The van der Waals surface area contributed by atoms with E-state index in [-0.39, 0.29) is 0 Å². The van der Waals surface area contributed by atoms with E-state index >= 15 is 0 Å². The molecule has 0 spiro atoms. The van der Waals surface area contributed by atoms with Crippen molar-refractivity contribution in [2.75, 3.05) is 7.05 Å². The van der Waals surface area contributed by atoms with Gasteiger partial charge in [-0.15, -0.1) is 11.3 Å². The van der Waals surface area contributed by atoms with Crippen molar-refractivity contribution in [3.05, 3.63) is 23.5 Å². The average Bonchev–Trinajstić information content (AvgIpc) is 2.97. The number of rotatable bonds is 4. The molecular weight excluding hydrogens is 246 g/mol. The highest BCUT2D eigenvalue weighted by molar-refractivity contribution is 7.15. The Morgan fingerprint density at radius 3 is 3.00 bits per heavy atom. The zero-order chi connectivity index (χ0) is 12.4. The Morgan fingerprint density at radius 2 is 2.28 bits per heavy atom. The van der Waals surface area contributed by atoms with Crippen molar-refractivity contribution in [2.45, 2.75) is 44.4 Å². The van der Waals surface area contributed by atoms with Crippen LogP contribution in [0.5, 0.6) is 0 Å². The van der Waals surface area contributed by atoms with Gasteiger partial charge in [0.1, 0.15) is 0 Å². The summed E-state index contributed by atoms with van der Waals surface area (Å²) in [7, 11) is 2.05. The van der Waals surface area contributed by atoms with E-state index in [1.54, 1.807) is 11.3 Å². The number of nitrogens with zero attached hydrogens (tertiary/aromatic N) is 2. The number of thiazole rings is 1. The first-order valence-electron chi connectivity index (χ1n) is 6.55. The van der Waals surface area contributed by atoms with Gasteiger partial charge in [0.25, 0.3) is 0 Å². The Balaban J connectivity index is 1.51. The maximum absolute atomic E-state index is 5.96. The lowest BCUT2D eigenvalue weighted by Crippen LogP contribution is -2.32. The molecule has 98 valence electrons. The summed E-state index contributed by atoms with van der Waals surface area (Å²) >= 11 is 1.66. The number of nitrogens with one attached hydrogen (secondary N) is 1. The Bertz CT molecular complexity index is 471. The summed E-state index contributed by atoms with van der Waals surface area (Å²) in [5.41, 5.74) is 1.04. The van der Waals surface area contributed by atoms with Gasteiger partial charge in [-0.1, -0.05) is 0 Å². The summed E-state index contributed by atoms with van der Waals surface area (Å²) in [6.07, 6.45) is 9.27. The molecule has 0 radical (unpaired) electrons. The second-order valence-electron chi connectivity index (χ2n) is 4.90. The minimum atomic E-state index is 0.411. The second kappa shape index (κ2) is 5.38. The first-order chi connectivity index (χ1) is 8.85. The van der Waals surface area contributed by atoms with Crippen molar-refractivity contribution in [3.63, 3.8) is 0 Å². The van der Waals surface area contributed by atoms with Gasteiger partial charge >= 0.3 is 0 Å². The van der Waals surface area contributed by atoms with E-state index in [1.165, 1.54) is 12.8 Å². The molecule has 2 heterocycles. The van der Waals surface area contributed by atoms with Gasteiger partial charge < -0.3 is 10.1 Å². The SMILES string of the molecule is CNC1CCC(OCc2cn3ccsc3n2)CC1. The molecule has 0 aromatic carbocycles. The van der Waals surface area contributed by atoms with Crippen molar-refractivity contribution in [1.29, 1.82) is 0 Å². The lowest BCUT2D eigenvalue weighted by Gasteiger charge is -2.28. The van der Waals surface area contributed by atoms with Gasteiger partial charge in [-0.05, 0) is 32.7 Å². The fraction of sp³-hybridized carbons (Fsp3) is 0.615. The topological polar surface area (TPSA) is 38.6 Å². The van der Waals surface area contributed by atoms with Crippen molar-refractivity contribution < 1.29 is 4.74 Å². The fourth-order valence-electron chi connectivity index (χ4n) is 2.57. The molecule has 1 fully saturated rings. The molecule has 0 atom stereocenters. The van der Waals surface area contributed by atoms with Crippen LogP contribution in [0.4, 0.5) is 0 Å². The standard InChI is InChI=1S/C13H19N3OS/c1-14-10-2-4-12(5-3-10)17-9-11-8-16-6-7-18-13(16)15-11/h6-8,10,12,14H,2-5,9H2,1H3. The Morgan fingerprint density at radius 1 is 1.44 bits per heavy atom. The molecule has 0 aliphatic heterocycles. The Labute approximate surface area is 111 Å². The molecule has 5 heteroatoms. The van der Waals surface area contributed by atoms with E-state index in [2.05, 4.69) is 20.9 Å². The summed E-state index contributed by atoms with van der Waals surface area (Å²) in [5.74, 6) is 0. The molecule has 1 saturated carbocycles. The highest BCUT2D eigenvalue weighted by Gasteiger charge is 2.20. The third-order valence-electron chi connectivity index (χ3n) is 3.69. The van der Waals surface area contributed by atoms with Crippen LogP contribution in [0.25, 0.3) is 4.96 Å². The monoisotopic (exact) mass is 265 g/mol. The first-order valence-corrected chi connectivity index (χ1v) is 7.43. The molecule has 1 aliphatic carbocycles. The van der Waals surface area contributed by atoms with E-state index in [1.807, 2.05) is 18.6 Å². The minimum absolute atomic E-state index is 0.411. The zero-order valence-corrected chi connectivity index (χ0v) is 11.4. The van der Waals surface area contributed by atoms with E-state index in [0.717, 1.165) is 23.5 Å². The van der Waals surface area contributed by atoms with Gasteiger partial charge in [0.2, 0.25) is 0 Å². The largest absolute Gasteiger partial charge is 0.372 e. The van der Waals surface area contributed by atoms with E-state index < -0.39 is 0 Å². The number of fused-ring (bicyclic) bond motifs is 1. The van der Waals surface area contributed by atoms with Crippen LogP contribution in [0.3, 0.4) is 0 Å². The highest BCUT2D eigenvalue weighted by Crippen LogP contribution is 2.22. The summed E-state index contributed by atoms with van der Waals surface area (Å²) in [4.78, 5) is 5.58. The third-order valence-corrected chi connectivity index (χ3v) is 4.46. The van der Waals surface area contributed by atoms with Gasteiger partial charge in [-0.3, -0.25) is 4.40 Å². The van der Waals surface area contributed by atoms with Crippen molar-refractivity contribution >= 4 is 16.3 Å². The Kier molecular flexibility index (Phi) is 3.63. The number of hydrogen-bond acceptors (Lipinski definition) is 4. The number of ether oxygens (including phenoxy) is 1.